The van der Waals surface area contributed by atoms with Crippen LogP contribution in [-0.4, -0.2) is 34.5 Å². The number of fused-ring (bicyclic) bond motifs is 1. The van der Waals surface area contributed by atoms with Crippen LogP contribution in [0.1, 0.15) is 53.5 Å². The Morgan fingerprint density at radius 3 is 2.60 bits per heavy atom. The number of aromatic nitrogens is 2. The average Bonchev–Trinajstić information content (AvgIpc) is 3.00. The van der Waals surface area contributed by atoms with Crippen molar-refractivity contribution >= 4 is 17.5 Å². The molecule has 0 unspecified atom stereocenters. The highest BCUT2D eigenvalue weighted by atomic mass is 16.2. The van der Waals surface area contributed by atoms with Crippen molar-refractivity contribution in [2.24, 2.45) is 0 Å². The van der Waals surface area contributed by atoms with Gasteiger partial charge in [-0.05, 0) is 45.2 Å². The van der Waals surface area contributed by atoms with Crippen LogP contribution in [0.2, 0.25) is 0 Å². The van der Waals surface area contributed by atoms with Crippen molar-refractivity contribution in [2.45, 2.75) is 45.7 Å². The summed E-state index contributed by atoms with van der Waals surface area (Å²) in [5, 5.41) is 2.88. The third kappa shape index (κ3) is 3.43. The Morgan fingerprint density at radius 1 is 1.20 bits per heavy atom. The van der Waals surface area contributed by atoms with Gasteiger partial charge in [0, 0.05) is 25.3 Å². The molecular weight excluding hydrogens is 316 g/mol. The van der Waals surface area contributed by atoms with Crippen LogP contribution in [0.15, 0.2) is 30.3 Å². The van der Waals surface area contributed by atoms with Gasteiger partial charge in [0.1, 0.15) is 0 Å². The third-order valence-electron chi connectivity index (χ3n) is 4.39. The highest BCUT2D eigenvalue weighted by Gasteiger charge is 2.29. The van der Waals surface area contributed by atoms with Gasteiger partial charge in [-0.25, -0.2) is 4.98 Å². The average molecular weight is 340 g/mol. The quantitative estimate of drug-likeness (QED) is 0.930. The number of benzene rings is 1. The second-order valence-electron chi connectivity index (χ2n) is 6.67. The minimum atomic E-state index is -0.223. The molecule has 0 aliphatic carbocycles. The molecule has 1 aromatic heterocycles. The lowest BCUT2D eigenvalue weighted by molar-refractivity contribution is 0.0927. The molecule has 1 aliphatic rings. The lowest BCUT2D eigenvalue weighted by Gasteiger charge is -2.19. The van der Waals surface area contributed by atoms with E-state index in [1.165, 1.54) is 0 Å². The van der Waals surface area contributed by atoms with Crippen LogP contribution in [0.4, 0.5) is 5.69 Å². The van der Waals surface area contributed by atoms with Gasteiger partial charge in [0.2, 0.25) is 0 Å². The predicted octanol–water partition coefficient (Wildman–Crippen LogP) is 2.63. The van der Waals surface area contributed by atoms with Gasteiger partial charge in [-0.2, -0.15) is 0 Å². The first-order chi connectivity index (χ1) is 12.0. The fourth-order valence-electron chi connectivity index (χ4n) is 3.14. The predicted molar refractivity (Wildman–Crippen MR) is 96.9 cm³/mol. The van der Waals surface area contributed by atoms with Gasteiger partial charge in [-0.15, -0.1) is 0 Å². The normalized spacial score (nSPS) is 13.4. The van der Waals surface area contributed by atoms with Gasteiger partial charge >= 0.3 is 0 Å². The maximum absolute atomic E-state index is 13.0. The summed E-state index contributed by atoms with van der Waals surface area (Å²) in [6.45, 7) is 4.55. The smallest absolute Gasteiger partial charge is 0.287 e. The minimum absolute atomic E-state index is 0.0233. The van der Waals surface area contributed by atoms with Crippen LogP contribution in [-0.2, 0) is 13.0 Å². The van der Waals surface area contributed by atoms with E-state index in [1.807, 2.05) is 48.7 Å². The van der Waals surface area contributed by atoms with Gasteiger partial charge in [-0.3, -0.25) is 9.59 Å². The van der Waals surface area contributed by atoms with E-state index >= 15 is 0 Å². The summed E-state index contributed by atoms with van der Waals surface area (Å²) in [6, 6.07) is 9.48. The third-order valence-corrected chi connectivity index (χ3v) is 4.39. The van der Waals surface area contributed by atoms with E-state index in [1.54, 1.807) is 11.9 Å². The molecular formula is C19H24N4O2. The van der Waals surface area contributed by atoms with Gasteiger partial charge in [0.05, 0.1) is 5.69 Å². The van der Waals surface area contributed by atoms with Crippen molar-refractivity contribution in [2.75, 3.05) is 11.9 Å². The molecule has 1 aromatic carbocycles. The van der Waals surface area contributed by atoms with E-state index in [0.29, 0.717) is 11.5 Å². The van der Waals surface area contributed by atoms with Crippen molar-refractivity contribution in [1.29, 1.82) is 0 Å². The van der Waals surface area contributed by atoms with E-state index in [4.69, 9.17) is 0 Å². The zero-order valence-corrected chi connectivity index (χ0v) is 15.0. The molecule has 1 N–H and O–H groups in total. The zero-order valence-electron chi connectivity index (χ0n) is 15.0. The van der Waals surface area contributed by atoms with Crippen molar-refractivity contribution in [3.8, 4) is 0 Å². The fourth-order valence-corrected chi connectivity index (χ4v) is 3.14. The van der Waals surface area contributed by atoms with Crippen molar-refractivity contribution in [1.82, 2.24) is 14.9 Å². The van der Waals surface area contributed by atoms with Crippen LogP contribution in [0, 0.1) is 0 Å². The van der Waals surface area contributed by atoms with Crippen molar-refractivity contribution in [3.05, 3.63) is 47.5 Å². The molecule has 0 radical (unpaired) electrons. The number of rotatable bonds is 4. The van der Waals surface area contributed by atoms with Crippen LogP contribution in [0.25, 0.3) is 0 Å². The number of carbonyl (C=O) groups is 2. The molecule has 0 saturated heterocycles. The van der Waals surface area contributed by atoms with E-state index in [0.717, 1.165) is 37.2 Å². The summed E-state index contributed by atoms with van der Waals surface area (Å²) in [4.78, 5) is 31.5. The van der Waals surface area contributed by atoms with E-state index in [9.17, 15) is 9.59 Å². The van der Waals surface area contributed by atoms with Gasteiger partial charge in [-0.1, -0.05) is 18.2 Å². The second kappa shape index (κ2) is 7.09. The highest BCUT2D eigenvalue weighted by Crippen LogP contribution is 2.24. The van der Waals surface area contributed by atoms with Crippen LogP contribution in [0.3, 0.4) is 0 Å². The Morgan fingerprint density at radius 2 is 1.92 bits per heavy atom. The molecule has 0 fully saturated rings. The second-order valence-corrected chi connectivity index (χ2v) is 6.67. The summed E-state index contributed by atoms with van der Waals surface area (Å²) in [5.74, 6) is -0.0618. The monoisotopic (exact) mass is 340 g/mol. The van der Waals surface area contributed by atoms with Crippen molar-refractivity contribution in [3.63, 3.8) is 0 Å². The summed E-state index contributed by atoms with van der Waals surface area (Å²) in [7, 11) is 1.74. The number of nitrogens with one attached hydrogen (secondary N) is 1. The molecule has 25 heavy (non-hydrogen) atoms. The van der Waals surface area contributed by atoms with Crippen molar-refractivity contribution < 1.29 is 9.59 Å². The molecule has 0 atom stereocenters. The Bertz CT molecular complexity index is 780. The van der Waals surface area contributed by atoms with Gasteiger partial charge in [0.25, 0.3) is 11.8 Å². The summed E-state index contributed by atoms with van der Waals surface area (Å²) < 4.78 is 1.91. The topological polar surface area (TPSA) is 67.2 Å². The Hall–Kier alpha value is -2.63. The number of amides is 2. The highest BCUT2D eigenvalue weighted by molar-refractivity contribution is 6.06. The van der Waals surface area contributed by atoms with Crippen LogP contribution in [0.5, 0.6) is 0 Å². The number of hydrogen-bond acceptors (Lipinski definition) is 3. The number of imidazole rings is 1. The number of para-hydroxylation sites is 1. The fraction of sp³-hybridized carbons (Fsp3) is 0.421. The Balaban J connectivity index is 1.97. The van der Waals surface area contributed by atoms with Crippen LogP contribution >= 0.6 is 0 Å². The first kappa shape index (κ1) is 17.2. The molecule has 132 valence electrons. The molecule has 2 aromatic rings. The number of carbonyl (C=O) groups excluding carboxylic acids is 2. The molecule has 0 spiro atoms. The standard InChI is InChI=1S/C19H24N4O2/c1-13(2)20-18(24)17-21-16(15-11-7-8-12-23(15)17)19(25)22(3)14-9-5-4-6-10-14/h4-6,9-10,13H,7-8,11-12H2,1-3H3,(H,20,24). The maximum atomic E-state index is 13.0. The molecule has 0 saturated carbocycles. The molecule has 1 aliphatic heterocycles. The molecule has 3 rings (SSSR count). The van der Waals surface area contributed by atoms with E-state index in [2.05, 4.69) is 10.3 Å². The largest absolute Gasteiger partial charge is 0.347 e. The van der Waals surface area contributed by atoms with E-state index < -0.39 is 0 Å². The SMILES string of the molecule is CC(C)NC(=O)c1nc(C(=O)N(C)c2ccccc2)c2n1CCCC2. The molecule has 2 heterocycles. The number of anilines is 1. The van der Waals surface area contributed by atoms with Gasteiger partial charge in [0.15, 0.2) is 11.5 Å². The maximum Gasteiger partial charge on any atom is 0.287 e. The summed E-state index contributed by atoms with van der Waals surface area (Å²) >= 11 is 0. The molecule has 6 nitrogen and oxygen atoms in total. The molecule has 0 bridgehead atoms. The number of nitrogens with zero attached hydrogens (tertiary/aromatic N) is 3. The lowest BCUT2D eigenvalue weighted by atomic mass is 10.1. The Labute approximate surface area is 147 Å². The molecule has 6 heteroatoms. The first-order valence-corrected chi connectivity index (χ1v) is 8.72. The summed E-state index contributed by atoms with van der Waals surface area (Å²) in [6.07, 6.45) is 2.77. The molecule has 2 amide bonds. The van der Waals surface area contributed by atoms with E-state index in [-0.39, 0.29) is 17.9 Å². The van der Waals surface area contributed by atoms with Gasteiger partial charge < -0.3 is 14.8 Å². The lowest BCUT2D eigenvalue weighted by Crippen LogP contribution is -2.33. The number of hydrogen-bond donors (Lipinski definition) is 1. The first-order valence-electron chi connectivity index (χ1n) is 8.72. The zero-order chi connectivity index (χ0) is 18.0. The van der Waals surface area contributed by atoms with Crippen LogP contribution < -0.4 is 10.2 Å². The Kier molecular flexibility index (Phi) is 4.88. The minimum Gasteiger partial charge on any atom is -0.347 e. The summed E-state index contributed by atoms with van der Waals surface area (Å²) in [5.41, 5.74) is 2.06.